The third-order valence-electron chi connectivity index (χ3n) is 3.79. The number of piperazine rings is 1. The number of rotatable bonds is 3. The molecule has 0 N–H and O–H groups in total. The van der Waals surface area contributed by atoms with Crippen molar-refractivity contribution in [1.82, 2.24) is 4.90 Å². The van der Waals surface area contributed by atoms with Gasteiger partial charge in [0.05, 0.1) is 0 Å². The fourth-order valence-corrected chi connectivity index (χ4v) is 2.49. The molecule has 0 unspecified atom stereocenters. The lowest BCUT2D eigenvalue weighted by atomic mass is 10.1. The van der Waals surface area contributed by atoms with E-state index in [1.54, 1.807) is 0 Å². The van der Waals surface area contributed by atoms with Crippen LogP contribution in [0.1, 0.15) is 26.3 Å². The first-order valence-electron chi connectivity index (χ1n) is 7.24. The molecule has 1 heterocycles. The average molecular weight is 260 g/mol. The lowest BCUT2D eigenvalue weighted by Crippen LogP contribution is -2.49. The maximum Gasteiger partial charge on any atom is 0.225 e. The minimum absolute atomic E-state index is 0.107. The van der Waals surface area contributed by atoms with Gasteiger partial charge in [0.25, 0.3) is 0 Å². The van der Waals surface area contributed by atoms with Crippen LogP contribution in [0, 0.1) is 5.92 Å². The van der Waals surface area contributed by atoms with E-state index in [1.165, 1.54) is 11.3 Å². The van der Waals surface area contributed by atoms with Crippen molar-refractivity contribution in [2.45, 2.75) is 27.2 Å². The fraction of sp³-hybridized carbons (Fsp3) is 0.562. The number of carbonyl (C=O) groups is 1. The summed E-state index contributed by atoms with van der Waals surface area (Å²) in [6, 6.07) is 8.78. The van der Waals surface area contributed by atoms with Crippen molar-refractivity contribution in [2.75, 3.05) is 31.1 Å². The van der Waals surface area contributed by atoms with Gasteiger partial charge in [-0.2, -0.15) is 0 Å². The summed E-state index contributed by atoms with van der Waals surface area (Å²) in [5.74, 6) is 0.386. The molecule has 3 heteroatoms. The summed E-state index contributed by atoms with van der Waals surface area (Å²) in [7, 11) is 0. The predicted molar refractivity (Wildman–Crippen MR) is 79.5 cm³/mol. The summed E-state index contributed by atoms with van der Waals surface area (Å²) in [5.41, 5.74) is 2.64. The molecule has 1 saturated heterocycles. The molecule has 3 nitrogen and oxygen atoms in total. The zero-order chi connectivity index (χ0) is 13.8. The van der Waals surface area contributed by atoms with Gasteiger partial charge < -0.3 is 9.80 Å². The second kappa shape index (κ2) is 6.09. The fourth-order valence-electron chi connectivity index (χ4n) is 2.49. The van der Waals surface area contributed by atoms with E-state index in [0.29, 0.717) is 0 Å². The number of amides is 1. The van der Waals surface area contributed by atoms with Gasteiger partial charge in [0.15, 0.2) is 0 Å². The summed E-state index contributed by atoms with van der Waals surface area (Å²) >= 11 is 0. The number of hydrogen-bond donors (Lipinski definition) is 0. The van der Waals surface area contributed by atoms with Gasteiger partial charge in [0, 0.05) is 37.8 Å². The smallest absolute Gasteiger partial charge is 0.225 e. The molecule has 0 aliphatic carbocycles. The van der Waals surface area contributed by atoms with Crippen LogP contribution >= 0.6 is 0 Å². The molecule has 2 rings (SSSR count). The molecule has 1 aromatic carbocycles. The second-order valence-corrected chi connectivity index (χ2v) is 5.49. The Morgan fingerprint density at radius 3 is 2.16 bits per heavy atom. The Kier molecular flexibility index (Phi) is 4.46. The zero-order valence-corrected chi connectivity index (χ0v) is 12.2. The summed E-state index contributed by atoms with van der Waals surface area (Å²) in [6.07, 6.45) is 1.08. The molecular formula is C16H24N2O. The normalized spacial score (nSPS) is 16.0. The molecule has 1 aromatic rings. The van der Waals surface area contributed by atoms with Crippen LogP contribution < -0.4 is 4.90 Å². The van der Waals surface area contributed by atoms with E-state index < -0.39 is 0 Å². The minimum Gasteiger partial charge on any atom is -0.368 e. The van der Waals surface area contributed by atoms with Crippen LogP contribution in [0.25, 0.3) is 0 Å². The number of anilines is 1. The molecule has 1 aliphatic heterocycles. The summed E-state index contributed by atoms with van der Waals surface area (Å²) < 4.78 is 0. The highest BCUT2D eigenvalue weighted by Gasteiger charge is 2.22. The average Bonchev–Trinajstić information content (AvgIpc) is 2.46. The highest BCUT2D eigenvalue weighted by Crippen LogP contribution is 2.18. The highest BCUT2D eigenvalue weighted by atomic mass is 16.2. The highest BCUT2D eigenvalue weighted by molar-refractivity contribution is 5.78. The molecule has 104 valence electrons. The Bertz CT molecular complexity index is 417. The quantitative estimate of drug-likeness (QED) is 0.834. The third kappa shape index (κ3) is 3.28. The van der Waals surface area contributed by atoms with Crippen molar-refractivity contribution in [2.24, 2.45) is 5.92 Å². The Labute approximate surface area is 116 Å². The third-order valence-corrected chi connectivity index (χ3v) is 3.79. The van der Waals surface area contributed by atoms with E-state index in [1.807, 2.05) is 18.7 Å². The summed E-state index contributed by atoms with van der Waals surface area (Å²) in [6.45, 7) is 9.66. The van der Waals surface area contributed by atoms with Crippen molar-refractivity contribution in [3.63, 3.8) is 0 Å². The monoisotopic (exact) mass is 260 g/mol. The largest absolute Gasteiger partial charge is 0.368 e. The molecule has 0 spiro atoms. The van der Waals surface area contributed by atoms with Gasteiger partial charge >= 0.3 is 0 Å². The number of benzene rings is 1. The van der Waals surface area contributed by atoms with Gasteiger partial charge in [0.2, 0.25) is 5.91 Å². The van der Waals surface area contributed by atoms with Gasteiger partial charge in [-0.15, -0.1) is 0 Å². The molecule has 0 aromatic heterocycles. The SMILES string of the molecule is CCc1ccc(N2CCN(C(=O)C(C)C)CC2)cc1. The molecular weight excluding hydrogens is 236 g/mol. The molecule has 1 amide bonds. The van der Waals surface area contributed by atoms with E-state index in [0.717, 1.165) is 32.6 Å². The lowest BCUT2D eigenvalue weighted by Gasteiger charge is -2.37. The zero-order valence-electron chi connectivity index (χ0n) is 12.2. The number of carbonyl (C=O) groups excluding carboxylic acids is 1. The van der Waals surface area contributed by atoms with E-state index in [2.05, 4.69) is 36.1 Å². The Morgan fingerprint density at radius 2 is 1.68 bits per heavy atom. The Balaban J connectivity index is 1.94. The summed E-state index contributed by atoms with van der Waals surface area (Å²) in [5, 5.41) is 0. The second-order valence-electron chi connectivity index (χ2n) is 5.49. The van der Waals surface area contributed by atoms with E-state index >= 15 is 0 Å². The van der Waals surface area contributed by atoms with Gasteiger partial charge in [-0.3, -0.25) is 4.79 Å². The van der Waals surface area contributed by atoms with Crippen molar-refractivity contribution in [3.05, 3.63) is 29.8 Å². The number of hydrogen-bond acceptors (Lipinski definition) is 2. The van der Waals surface area contributed by atoms with E-state index in [9.17, 15) is 4.79 Å². The van der Waals surface area contributed by atoms with Crippen LogP contribution in [-0.4, -0.2) is 37.0 Å². The molecule has 0 atom stereocenters. The molecule has 1 fully saturated rings. The van der Waals surface area contributed by atoms with Crippen molar-refractivity contribution in [3.8, 4) is 0 Å². The standard InChI is InChI=1S/C16H24N2O/c1-4-14-5-7-15(8-6-14)17-9-11-18(12-10-17)16(19)13(2)3/h5-8,13H,4,9-12H2,1-3H3. The predicted octanol–water partition coefficient (Wildman–Crippen LogP) is 2.55. The number of nitrogens with zero attached hydrogens (tertiary/aromatic N) is 2. The van der Waals surface area contributed by atoms with Crippen LogP contribution in [0.15, 0.2) is 24.3 Å². The van der Waals surface area contributed by atoms with E-state index in [4.69, 9.17) is 0 Å². The van der Waals surface area contributed by atoms with Crippen LogP contribution in [-0.2, 0) is 11.2 Å². The van der Waals surface area contributed by atoms with Gasteiger partial charge in [-0.05, 0) is 24.1 Å². The Hall–Kier alpha value is -1.51. The first kappa shape index (κ1) is 13.9. The van der Waals surface area contributed by atoms with Crippen molar-refractivity contribution < 1.29 is 4.79 Å². The lowest BCUT2D eigenvalue weighted by molar-refractivity contribution is -0.134. The molecule has 0 saturated carbocycles. The van der Waals surface area contributed by atoms with Gasteiger partial charge in [0.1, 0.15) is 0 Å². The maximum absolute atomic E-state index is 11.9. The first-order chi connectivity index (χ1) is 9.11. The number of aryl methyl sites for hydroxylation is 1. The van der Waals surface area contributed by atoms with Crippen molar-refractivity contribution >= 4 is 11.6 Å². The summed E-state index contributed by atoms with van der Waals surface area (Å²) in [4.78, 5) is 16.3. The van der Waals surface area contributed by atoms with Gasteiger partial charge in [-0.1, -0.05) is 32.9 Å². The minimum atomic E-state index is 0.107. The molecule has 0 radical (unpaired) electrons. The van der Waals surface area contributed by atoms with Crippen LogP contribution in [0.5, 0.6) is 0 Å². The van der Waals surface area contributed by atoms with Crippen LogP contribution in [0.3, 0.4) is 0 Å². The topological polar surface area (TPSA) is 23.6 Å². The van der Waals surface area contributed by atoms with E-state index in [-0.39, 0.29) is 11.8 Å². The van der Waals surface area contributed by atoms with Crippen molar-refractivity contribution in [1.29, 1.82) is 0 Å². The van der Waals surface area contributed by atoms with Crippen LogP contribution in [0.2, 0.25) is 0 Å². The first-order valence-corrected chi connectivity index (χ1v) is 7.24. The molecule has 1 aliphatic rings. The molecule has 19 heavy (non-hydrogen) atoms. The van der Waals surface area contributed by atoms with Crippen LogP contribution in [0.4, 0.5) is 5.69 Å². The maximum atomic E-state index is 11.9. The van der Waals surface area contributed by atoms with Gasteiger partial charge in [-0.25, -0.2) is 0 Å². The Morgan fingerprint density at radius 1 is 1.11 bits per heavy atom. The molecule has 0 bridgehead atoms.